The minimum atomic E-state index is 0.382. The van der Waals surface area contributed by atoms with E-state index < -0.39 is 0 Å². The largest absolute Gasteiger partial charge is 0.488 e. The van der Waals surface area contributed by atoms with Crippen molar-refractivity contribution in [2.75, 3.05) is 24.7 Å². The third-order valence-electron chi connectivity index (χ3n) is 2.55. The predicted molar refractivity (Wildman–Crippen MR) is 88.1 cm³/mol. The van der Waals surface area contributed by atoms with Gasteiger partial charge >= 0.3 is 0 Å². The molecule has 0 heterocycles. The lowest BCUT2D eigenvalue weighted by Crippen LogP contribution is -2.10. The number of ether oxygens (including phenoxy) is 2. The van der Waals surface area contributed by atoms with E-state index in [0.717, 1.165) is 8.95 Å². The van der Waals surface area contributed by atoms with E-state index >= 15 is 0 Å². The summed E-state index contributed by atoms with van der Waals surface area (Å²) in [4.78, 5) is 0. The molecule has 106 valence electrons. The van der Waals surface area contributed by atoms with Crippen LogP contribution in [0.3, 0.4) is 0 Å². The SMILES string of the molecule is Nc1ccc(Br)cc1OCCOc1cc(Br)ccc1N. The molecule has 0 aliphatic heterocycles. The number of nitrogen functional groups attached to an aromatic ring is 2. The number of nitrogens with two attached hydrogens (primary N) is 2. The topological polar surface area (TPSA) is 70.5 Å². The number of hydrogen-bond donors (Lipinski definition) is 2. The molecule has 0 bridgehead atoms. The number of hydrogen-bond acceptors (Lipinski definition) is 4. The number of benzene rings is 2. The Morgan fingerprint density at radius 2 is 1.15 bits per heavy atom. The van der Waals surface area contributed by atoms with Crippen molar-refractivity contribution in [1.29, 1.82) is 0 Å². The molecule has 0 aliphatic carbocycles. The lowest BCUT2D eigenvalue weighted by Gasteiger charge is -2.11. The van der Waals surface area contributed by atoms with Gasteiger partial charge < -0.3 is 20.9 Å². The molecule has 0 unspecified atom stereocenters. The van der Waals surface area contributed by atoms with E-state index in [1.165, 1.54) is 0 Å². The summed E-state index contributed by atoms with van der Waals surface area (Å²) in [6, 6.07) is 10.9. The van der Waals surface area contributed by atoms with Crippen LogP contribution in [0.15, 0.2) is 45.3 Å². The molecule has 4 nitrogen and oxygen atoms in total. The second kappa shape index (κ2) is 6.85. The summed E-state index contributed by atoms with van der Waals surface area (Å²) in [5, 5.41) is 0. The zero-order valence-corrected chi connectivity index (χ0v) is 13.8. The Hall–Kier alpha value is -1.40. The normalized spacial score (nSPS) is 10.3. The van der Waals surface area contributed by atoms with Crippen molar-refractivity contribution in [1.82, 2.24) is 0 Å². The van der Waals surface area contributed by atoms with E-state index in [2.05, 4.69) is 31.9 Å². The molecule has 2 rings (SSSR count). The molecule has 0 saturated heterocycles. The van der Waals surface area contributed by atoms with Crippen LogP contribution in [0.5, 0.6) is 11.5 Å². The van der Waals surface area contributed by atoms with Crippen molar-refractivity contribution in [2.45, 2.75) is 0 Å². The predicted octanol–water partition coefficient (Wildman–Crippen LogP) is 3.83. The molecular formula is C14H14Br2N2O2. The number of anilines is 2. The average Bonchev–Trinajstić information content (AvgIpc) is 2.42. The van der Waals surface area contributed by atoms with E-state index in [0.29, 0.717) is 36.1 Å². The van der Waals surface area contributed by atoms with Gasteiger partial charge in [-0.1, -0.05) is 31.9 Å². The van der Waals surface area contributed by atoms with Gasteiger partial charge in [-0.3, -0.25) is 0 Å². The van der Waals surface area contributed by atoms with Crippen molar-refractivity contribution in [3.63, 3.8) is 0 Å². The van der Waals surface area contributed by atoms with E-state index in [1.54, 1.807) is 12.1 Å². The zero-order valence-electron chi connectivity index (χ0n) is 10.6. The average molecular weight is 402 g/mol. The van der Waals surface area contributed by atoms with Crippen LogP contribution in [0.2, 0.25) is 0 Å². The number of rotatable bonds is 5. The molecule has 0 atom stereocenters. The first-order valence-electron chi connectivity index (χ1n) is 5.92. The van der Waals surface area contributed by atoms with Crippen LogP contribution in [0, 0.1) is 0 Å². The minimum absolute atomic E-state index is 0.382. The number of halogens is 2. The van der Waals surface area contributed by atoms with Gasteiger partial charge in [0.2, 0.25) is 0 Å². The minimum Gasteiger partial charge on any atom is -0.488 e. The molecule has 0 aromatic heterocycles. The van der Waals surface area contributed by atoms with Crippen LogP contribution in [0.1, 0.15) is 0 Å². The van der Waals surface area contributed by atoms with Crippen molar-refractivity contribution in [3.05, 3.63) is 45.3 Å². The van der Waals surface area contributed by atoms with Gasteiger partial charge in [0.05, 0.1) is 11.4 Å². The van der Waals surface area contributed by atoms with Crippen LogP contribution in [0.4, 0.5) is 11.4 Å². The Bertz CT molecular complexity index is 552. The summed E-state index contributed by atoms with van der Waals surface area (Å²) in [5.41, 5.74) is 12.8. The third kappa shape index (κ3) is 4.05. The summed E-state index contributed by atoms with van der Waals surface area (Å²) in [5.74, 6) is 1.26. The molecule has 0 radical (unpaired) electrons. The summed E-state index contributed by atoms with van der Waals surface area (Å²) in [6.07, 6.45) is 0. The molecule has 6 heteroatoms. The van der Waals surface area contributed by atoms with Gasteiger partial charge in [-0.15, -0.1) is 0 Å². The van der Waals surface area contributed by atoms with Gasteiger partial charge in [-0.2, -0.15) is 0 Å². The maximum Gasteiger partial charge on any atom is 0.143 e. The van der Waals surface area contributed by atoms with Gasteiger partial charge in [-0.05, 0) is 36.4 Å². The molecule has 0 aliphatic rings. The summed E-state index contributed by atoms with van der Waals surface area (Å²) >= 11 is 6.74. The van der Waals surface area contributed by atoms with Crippen LogP contribution in [-0.4, -0.2) is 13.2 Å². The fourth-order valence-electron chi connectivity index (χ4n) is 1.57. The first kappa shape index (κ1) is 15.0. The Kier molecular flexibility index (Phi) is 5.14. The van der Waals surface area contributed by atoms with Crippen molar-refractivity contribution < 1.29 is 9.47 Å². The Morgan fingerprint density at radius 3 is 1.55 bits per heavy atom. The lowest BCUT2D eigenvalue weighted by atomic mass is 10.3. The van der Waals surface area contributed by atoms with Gasteiger partial charge in [0.25, 0.3) is 0 Å². The molecule has 4 N–H and O–H groups in total. The van der Waals surface area contributed by atoms with Gasteiger partial charge in [0, 0.05) is 8.95 Å². The van der Waals surface area contributed by atoms with Crippen molar-refractivity contribution in [2.24, 2.45) is 0 Å². The fourth-order valence-corrected chi connectivity index (χ4v) is 2.25. The molecular weight excluding hydrogens is 388 g/mol. The van der Waals surface area contributed by atoms with Crippen LogP contribution in [-0.2, 0) is 0 Å². The molecule has 0 spiro atoms. The molecule has 20 heavy (non-hydrogen) atoms. The molecule has 0 amide bonds. The first-order valence-corrected chi connectivity index (χ1v) is 7.50. The fraction of sp³-hybridized carbons (Fsp3) is 0.143. The lowest BCUT2D eigenvalue weighted by molar-refractivity contribution is 0.218. The first-order chi connectivity index (χ1) is 9.56. The third-order valence-corrected chi connectivity index (χ3v) is 3.54. The standard InChI is InChI=1S/C14H14Br2N2O2/c15-9-1-3-11(17)13(7-9)19-5-6-20-14-8-10(16)2-4-12(14)18/h1-4,7-8H,5-6,17-18H2. The highest BCUT2D eigenvalue weighted by Crippen LogP contribution is 2.27. The van der Waals surface area contributed by atoms with Crippen LogP contribution < -0.4 is 20.9 Å². The van der Waals surface area contributed by atoms with E-state index in [1.807, 2.05) is 24.3 Å². The van der Waals surface area contributed by atoms with Gasteiger partial charge in [-0.25, -0.2) is 0 Å². The molecule has 2 aromatic carbocycles. The monoisotopic (exact) mass is 400 g/mol. The maximum absolute atomic E-state index is 5.81. The molecule has 0 saturated carbocycles. The summed E-state index contributed by atoms with van der Waals surface area (Å²) in [7, 11) is 0. The highest BCUT2D eigenvalue weighted by molar-refractivity contribution is 9.10. The van der Waals surface area contributed by atoms with Crippen LogP contribution >= 0.6 is 31.9 Å². The highest BCUT2D eigenvalue weighted by Gasteiger charge is 2.03. The van der Waals surface area contributed by atoms with Gasteiger partial charge in [0.1, 0.15) is 24.7 Å². The summed E-state index contributed by atoms with van der Waals surface area (Å²) < 4.78 is 13.0. The van der Waals surface area contributed by atoms with E-state index in [-0.39, 0.29) is 0 Å². The van der Waals surface area contributed by atoms with E-state index in [4.69, 9.17) is 20.9 Å². The van der Waals surface area contributed by atoms with Crippen molar-refractivity contribution in [3.8, 4) is 11.5 Å². The molecule has 0 fully saturated rings. The second-order valence-electron chi connectivity index (χ2n) is 4.06. The van der Waals surface area contributed by atoms with Gasteiger partial charge in [0.15, 0.2) is 0 Å². The maximum atomic E-state index is 5.81. The Labute approximate surface area is 134 Å². The zero-order chi connectivity index (χ0) is 14.5. The quantitative estimate of drug-likeness (QED) is 0.589. The summed E-state index contributed by atoms with van der Waals surface area (Å²) in [6.45, 7) is 0.763. The Morgan fingerprint density at radius 1 is 0.750 bits per heavy atom. The van der Waals surface area contributed by atoms with Crippen molar-refractivity contribution >= 4 is 43.2 Å². The van der Waals surface area contributed by atoms with Crippen LogP contribution in [0.25, 0.3) is 0 Å². The molecule has 2 aromatic rings. The van der Waals surface area contributed by atoms with E-state index in [9.17, 15) is 0 Å². The smallest absolute Gasteiger partial charge is 0.143 e. The highest BCUT2D eigenvalue weighted by atomic mass is 79.9. The second-order valence-corrected chi connectivity index (χ2v) is 5.89. The Balaban J connectivity index is 1.87.